The number of carbonyl (C=O) groups is 1. The third-order valence-corrected chi connectivity index (χ3v) is 7.30. The van der Waals surface area contributed by atoms with Crippen molar-refractivity contribution in [2.45, 2.75) is 12.0 Å². The highest BCUT2D eigenvalue weighted by molar-refractivity contribution is 6.10. The molecular weight excluding hydrogens is 508 g/mol. The average Bonchev–Trinajstić information content (AvgIpc) is 3.01. The number of aliphatic hydroxyl groups excluding tert-OH is 1. The van der Waals surface area contributed by atoms with Crippen LogP contribution in [-0.4, -0.2) is 22.3 Å². The van der Waals surface area contributed by atoms with Crippen LogP contribution in [-0.2, 0) is 4.79 Å². The largest absolute Gasteiger partial charge is 0.507 e. The first-order chi connectivity index (χ1) is 20.1. The first kappa shape index (κ1) is 26.1. The molecule has 6 aromatic rings. The van der Waals surface area contributed by atoms with Gasteiger partial charge in [-0.05, 0) is 44.8 Å². The van der Waals surface area contributed by atoms with Crippen molar-refractivity contribution >= 4 is 33.6 Å². The molecule has 41 heavy (non-hydrogen) atoms. The standard InChI is InChI=1S/C37H28O4/c38-31(22-19-25-11-3-1-4-12-25)34(28-15-5-2-6-16-28)37(40)41-33-24-21-27-14-8-10-18-30(27)36(33)35-29-17-9-7-13-26(29)20-23-32(35)39/h1-24,31,34,38-39H/b22-19+/t31-,34-/m0/s1. The van der Waals surface area contributed by atoms with Crippen LogP contribution in [0.3, 0.4) is 0 Å². The van der Waals surface area contributed by atoms with Crippen LogP contribution >= 0.6 is 0 Å². The van der Waals surface area contributed by atoms with Crippen LogP contribution in [0, 0.1) is 0 Å². The van der Waals surface area contributed by atoms with Crippen LogP contribution in [0.4, 0.5) is 0 Å². The summed E-state index contributed by atoms with van der Waals surface area (Å²) in [4.78, 5) is 14.0. The summed E-state index contributed by atoms with van der Waals surface area (Å²) in [5.41, 5.74) is 2.75. The zero-order valence-electron chi connectivity index (χ0n) is 22.2. The van der Waals surface area contributed by atoms with Crippen molar-refractivity contribution in [3.63, 3.8) is 0 Å². The van der Waals surface area contributed by atoms with Crippen molar-refractivity contribution in [1.29, 1.82) is 0 Å². The lowest BCUT2D eigenvalue weighted by atomic mass is 9.91. The van der Waals surface area contributed by atoms with Crippen LogP contribution < -0.4 is 4.74 Å². The molecule has 0 aliphatic carbocycles. The Morgan fingerprint density at radius 1 is 0.634 bits per heavy atom. The van der Waals surface area contributed by atoms with Gasteiger partial charge in [0.15, 0.2) is 0 Å². The quantitative estimate of drug-likeness (QED) is 0.160. The van der Waals surface area contributed by atoms with Crippen molar-refractivity contribution in [2.75, 3.05) is 0 Å². The Labute approximate surface area is 238 Å². The first-order valence-electron chi connectivity index (χ1n) is 13.5. The monoisotopic (exact) mass is 536 g/mol. The number of esters is 1. The molecule has 0 fully saturated rings. The van der Waals surface area contributed by atoms with Gasteiger partial charge in [-0.3, -0.25) is 4.79 Å². The van der Waals surface area contributed by atoms with Crippen molar-refractivity contribution in [1.82, 2.24) is 0 Å². The number of rotatable bonds is 7. The molecule has 0 spiro atoms. The number of carbonyl (C=O) groups excluding carboxylic acids is 1. The van der Waals surface area contributed by atoms with Gasteiger partial charge in [0.1, 0.15) is 17.4 Å². The molecule has 0 amide bonds. The Hall–Kier alpha value is -5.19. The lowest BCUT2D eigenvalue weighted by Crippen LogP contribution is -2.28. The molecule has 0 unspecified atom stereocenters. The SMILES string of the molecule is O=C(Oc1ccc2ccccc2c1-c1c(O)ccc2ccccc12)[C@@H](c1ccccc1)[C@@H](O)/C=C/c1ccccc1. The Kier molecular flexibility index (Phi) is 7.31. The van der Waals surface area contributed by atoms with Crippen LogP contribution in [0.2, 0.25) is 0 Å². The van der Waals surface area contributed by atoms with Crippen molar-refractivity contribution in [3.05, 3.63) is 151 Å². The lowest BCUT2D eigenvalue weighted by molar-refractivity contribution is -0.138. The summed E-state index contributed by atoms with van der Waals surface area (Å²) in [5.74, 6) is -1.18. The predicted octanol–water partition coefficient (Wildman–Crippen LogP) is 8.13. The molecule has 2 atom stereocenters. The molecule has 0 aromatic heterocycles. The van der Waals surface area contributed by atoms with Crippen molar-refractivity contribution in [3.8, 4) is 22.6 Å². The summed E-state index contributed by atoms with van der Waals surface area (Å²) in [6, 6.07) is 41.5. The Morgan fingerprint density at radius 3 is 1.88 bits per heavy atom. The fourth-order valence-corrected chi connectivity index (χ4v) is 5.31. The minimum Gasteiger partial charge on any atom is -0.507 e. The van der Waals surface area contributed by atoms with Crippen molar-refractivity contribution < 1.29 is 19.7 Å². The number of hydrogen-bond acceptors (Lipinski definition) is 4. The van der Waals surface area contributed by atoms with E-state index >= 15 is 0 Å². The number of phenolic OH excluding ortho intramolecular Hbond substituents is 1. The molecular formula is C37H28O4. The van der Waals surface area contributed by atoms with Gasteiger partial charge in [0.25, 0.3) is 0 Å². The second kappa shape index (κ2) is 11.5. The van der Waals surface area contributed by atoms with Crippen molar-refractivity contribution in [2.24, 2.45) is 0 Å². The molecule has 0 aliphatic heterocycles. The smallest absolute Gasteiger partial charge is 0.321 e. The molecule has 0 heterocycles. The Morgan fingerprint density at radius 2 is 1.20 bits per heavy atom. The average molecular weight is 537 g/mol. The highest BCUT2D eigenvalue weighted by Crippen LogP contribution is 2.45. The summed E-state index contributed by atoms with van der Waals surface area (Å²) in [5, 5.41) is 26.0. The van der Waals surface area contributed by atoms with E-state index in [4.69, 9.17) is 4.74 Å². The minimum absolute atomic E-state index is 0.0859. The lowest BCUT2D eigenvalue weighted by Gasteiger charge is -2.22. The maximum absolute atomic E-state index is 14.0. The maximum atomic E-state index is 14.0. The summed E-state index contributed by atoms with van der Waals surface area (Å²) in [6.45, 7) is 0. The number of aromatic hydroxyl groups is 1. The third kappa shape index (κ3) is 5.33. The van der Waals surface area contributed by atoms with E-state index in [1.807, 2.05) is 121 Å². The molecule has 0 aliphatic rings. The molecule has 0 bridgehead atoms. The zero-order chi connectivity index (χ0) is 28.2. The van der Waals surface area contributed by atoms with Crippen LogP contribution in [0.1, 0.15) is 17.0 Å². The number of ether oxygens (including phenoxy) is 1. The molecule has 4 heteroatoms. The number of aliphatic hydroxyl groups is 1. The second-order valence-electron chi connectivity index (χ2n) is 9.91. The summed E-state index contributed by atoms with van der Waals surface area (Å²) < 4.78 is 6.16. The predicted molar refractivity (Wildman–Crippen MR) is 165 cm³/mol. The van der Waals surface area contributed by atoms with Gasteiger partial charge in [0, 0.05) is 11.1 Å². The number of fused-ring (bicyclic) bond motifs is 2. The van der Waals surface area contributed by atoms with Gasteiger partial charge in [0.2, 0.25) is 0 Å². The summed E-state index contributed by atoms with van der Waals surface area (Å²) >= 11 is 0. The van der Waals surface area contributed by atoms with Gasteiger partial charge < -0.3 is 14.9 Å². The van der Waals surface area contributed by atoms with E-state index in [2.05, 4.69) is 0 Å². The number of phenols is 1. The van der Waals surface area contributed by atoms with E-state index in [1.165, 1.54) is 0 Å². The summed E-state index contributed by atoms with van der Waals surface area (Å²) in [7, 11) is 0. The van der Waals surface area contributed by atoms with E-state index in [0.29, 0.717) is 22.4 Å². The van der Waals surface area contributed by atoms with E-state index in [1.54, 1.807) is 24.3 Å². The van der Waals surface area contributed by atoms with Crippen LogP contribution in [0.5, 0.6) is 11.5 Å². The normalized spacial score (nSPS) is 12.9. The van der Waals surface area contributed by atoms with Gasteiger partial charge in [-0.1, -0.05) is 133 Å². The minimum atomic E-state index is -1.14. The maximum Gasteiger partial charge on any atom is 0.321 e. The molecule has 0 radical (unpaired) electrons. The highest BCUT2D eigenvalue weighted by atomic mass is 16.5. The van der Waals surface area contributed by atoms with E-state index < -0.39 is 18.0 Å². The molecule has 6 aromatic carbocycles. The van der Waals surface area contributed by atoms with Gasteiger partial charge in [0.05, 0.1) is 6.10 Å². The molecule has 0 saturated heterocycles. The fourth-order valence-electron chi connectivity index (χ4n) is 5.31. The Bertz CT molecular complexity index is 1860. The number of hydrogen-bond donors (Lipinski definition) is 2. The molecule has 200 valence electrons. The zero-order valence-corrected chi connectivity index (χ0v) is 22.2. The third-order valence-electron chi connectivity index (χ3n) is 7.30. The highest BCUT2D eigenvalue weighted by Gasteiger charge is 2.30. The first-order valence-corrected chi connectivity index (χ1v) is 13.5. The number of benzene rings is 6. The van der Waals surface area contributed by atoms with Gasteiger partial charge >= 0.3 is 5.97 Å². The topological polar surface area (TPSA) is 66.8 Å². The molecule has 4 nitrogen and oxygen atoms in total. The fraction of sp³-hybridized carbons (Fsp3) is 0.0541. The van der Waals surface area contributed by atoms with Crippen LogP contribution in [0.15, 0.2) is 140 Å². The second-order valence-corrected chi connectivity index (χ2v) is 9.91. The van der Waals surface area contributed by atoms with E-state index in [-0.39, 0.29) is 5.75 Å². The van der Waals surface area contributed by atoms with Crippen LogP contribution in [0.25, 0.3) is 38.7 Å². The van der Waals surface area contributed by atoms with E-state index in [9.17, 15) is 15.0 Å². The molecule has 2 N–H and O–H groups in total. The summed E-state index contributed by atoms with van der Waals surface area (Å²) in [6.07, 6.45) is 2.27. The molecule has 0 saturated carbocycles. The van der Waals surface area contributed by atoms with Gasteiger partial charge in [-0.25, -0.2) is 0 Å². The van der Waals surface area contributed by atoms with Gasteiger partial charge in [-0.2, -0.15) is 0 Å². The molecule has 6 rings (SSSR count). The Balaban J connectivity index is 1.46. The van der Waals surface area contributed by atoms with Gasteiger partial charge in [-0.15, -0.1) is 0 Å². The van der Waals surface area contributed by atoms with E-state index in [0.717, 1.165) is 27.1 Å².